The predicted molar refractivity (Wildman–Crippen MR) is 102 cm³/mol. The molecule has 4 aromatic rings. The van der Waals surface area contributed by atoms with Crippen molar-refractivity contribution in [2.24, 2.45) is 5.73 Å². The van der Waals surface area contributed by atoms with Crippen LogP contribution in [0.2, 0.25) is 0 Å². The lowest BCUT2D eigenvalue weighted by molar-refractivity contribution is 0.367. The second kappa shape index (κ2) is 7.46. The summed E-state index contributed by atoms with van der Waals surface area (Å²) in [5, 5.41) is 8.33. The molecule has 3 N–H and O–H groups in total. The zero-order valence-corrected chi connectivity index (χ0v) is 14.8. The maximum atomic E-state index is 5.67. The number of aromatic nitrogens is 5. The largest absolute Gasteiger partial charge is 0.358 e. The summed E-state index contributed by atoms with van der Waals surface area (Å²) < 4.78 is 5.43. The van der Waals surface area contributed by atoms with E-state index in [1.807, 2.05) is 43.3 Å². The monoisotopic (exact) mass is 361 g/mol. The van der Waals surface area contributed by atoms with Crippen LogP contribution in [-0.2, 0) is 6.42 Å². The Kier molecular flexibility index (Phi) is 4.71. The molecule has 136 valence electrons. The van der Waals surface area contributed by atoms with E-state index in [0.717, 1.165) is 22.3 Å². The maximum Gasteiger partial charge on any atom is 0.249 e. The van der Waals surface area contributed by atoms with Gasteiger partial charge in [0.2, 0.25) is 11.7 Å². The maximum absolute atomic E-state index is 5.67. The highest BCUT2D eigenvalue weighted by Gasteiger charge is 2.17. The number of nitrogens with zero attached hydrogens (tertiary/aromatic N) is 5. The predicted octanol–water partition coefficient (Wildman–Crippen LogP) is 2.75. The van der Waals surface area contributed by atoms with Gasteiger partial charge in [-0.1, -0.05) is 17.3 Å². The van der Waals surface area contributed by atoms with Gasteiger partial charge in [0.1, 0.15) is 17.7 Å². The molecule has 0 aliphatic rings. The quantitative estimate of drug-likeness (QED) is 0.538. The molecule has 0 amide bonds. The molecule has 0 bridgehead atoms. The van der Waals surface area contributed by atoms with E-state index in [-0.39, 0.29) is 6.04 Å². The number of benzene rings is 1. The normalized spacial score (nSPS) is 12.2. The van der Waals surface area contributed by atoms with E-state index in [9.17, 15) is 0 Å². The summed E-state index contributed by atoms with van der Waals surface area (Å²) in [6, 6.07) is 11.3. The highest BCUT2D eigenvalue weighted by atomic mass is 16.5. The number of nitrogens with one attached hydrogen (secondary N) is 1. The van der Waals surface area contributed by atoms with Crippen LogP contribution in [0.3, 0.4) is 0 Å². The van der Waals surface area contributed by atoms with Gasteiger partial charge in [-0.05, 0) is 37.7 Å². The number of fused-ring (bicyclic) bond motifs is 1. The average molecular weight is 361 g/mol. The third kappa shape index (κ3) is 3.61. The summed E-state index contributed by atoms with van der Waals surface area (Å²) in [6.07, 6.45) is 4.01. The lowest BCUT2D eigenvalue weighted by atomic mass is 10.2. The summed E-state index contributed by atoms with van der Waals surface area (Å²) in [5.74, 6) is 2.39. The van der Waals surface area contributed by atoms with Gasteiger partial charge in [-0.2, -0.15) is 4.98 Å². The summed E-state index contributed by atoms with van der Waals surface area (Å²) in [6.45, 7) is 2.44. The average Bonchev–Trinajstić information content (AvgIpc) is 3.19. The Bertz CT molecular complexity index is 1050. The van der Waals surface area contributed by atoms with Crippen molar-refractivity contribution in [3.63, 3.8) is 0 Å². The fourth-order valence-corrected chi connectivity index (χ4v) is 2.77. The van der Waals surface area contributed by atoms with Crippen molar-refractivity contribution in [3.8, 4) is 11.4 Å². The second-order valence-electron chi connectivity index (χ2n) is 6.11. The van der Waals surface area contributed by atoms with Gasteiger partial charge >= 0.3 is 0 Å². The minimum Gasteiger partial charge on any atom is -0.358 e. The molecule has 1 aromatic carbocycles. The number of hydrogen-bond acceptors (Lipinski definition) is 8. The number of para-hydroxylation sites is 1. The standard InChI is InChI=1S/C19H19N7O/c1-12(19-25-17(26-27-19)13-5-4-10-21-11-13)22-18-14-6-2-3-7-15(14)23-16(24-18)8-9-20/h2-7,10-12H,8-9,20H2,1H3,(H,22,23,24). The van der Waals surface area contributed by atoms with Gasteiger partial charge in [0.15, 0.2) is 0 Å². The smallest absolute Gasteiger partial charge is 0.249 e. The molecule has 8 nitrogen and oxygen atoms in total. The van der Waals surface area contributed by atoms with E-state index < -0.39 is 0 Å². The Labute approximate surface area is 155 Å². The van der Waals surface area contributed by atoms with Crippen molar-refractivity contribution >= 4 is 16.7 Å². The van der Waals surface area contributed by atoms with Crippen LogP contribution in [0.4, 0.5) is 5.82 Å². The lowest BCUT2D eigenvalue weighted by Gasteiger charge is -2.13. The Morgan fingerprint density at radius 1 is 1.11 bits per heavy atom. The lowest BCUT2D eigenvalue weighted by Crippen LogP contribution is -2.12. The molecular weight excluding hydrogens is 342 g/mol. The van der Waals surface area contributed by atoms with Crippen LogP contribution in [0, 0.1) is 0 Å². The number of hydrogen-bond donors (Lipinski definition) is 2. The van der Waals surface area contributed by atoms with Crippen LogP contribution < -0.4 is 11.1 Å². The Morgan fingerprint density at radius 3 is 2.81 bits per heavy atom. The number of pyridine rings is 1. The zero-order chi connectivity index (χ0) is 18.6. The van der Waals surface area contributed by atoms with E-state index in [4.69, 9.17) is 10.3 Å². The molecule has 0 saturated carbocycles. The van der Waals surface area contributed by atoms with Gasteiger partial charge in [0.05, 0.1) is 5.52 Å². The molecule has 0 spiro atoms. The third-order valence-electron chi connectivity index (χ3n) is 4.10. The minimum absolute atomic E-state index is 0.230. The van der Waals surface area contributed by atoms with Gasteiger partial charge in [-0.3, -0.25) is 4.98 Å². The molecule has 8 heteroatoms. The first-order valence-electron chi connectivity index (χ1n) is 8.71. The molecular formula is C19H19N7O. The first-order chi connectivity index (χ1) is 13.2. The summed E-state index contributed by atoms with van der Waals surface area (Å²) in [4.78, 5) is 17.7. The van der Waals surface area contributed by atoms with Crippen LogP contribution in [0.25, 0.3) is 22.3 Å². The van der Waals surface area contributed by atoms with Crippen molar-refractivity contribution in [1.29, 1.82) is 0 Å². The zero-order valence-electron chi connectivity index (χ0n) is 14.8. The molecule has 0 radical (unpaired) electrons. The van der Waals surface area contributed by atoms with Gasteiger partial charge in [0, 0.05) is 29.8 Å². The summed E-state index contributed by atoms with van der Waals surface area (Å²) in [5.41, 5.74) is 7.34. The molecule has 1 unspecified atom stereocenters. The van der Waals surface area contributed by atoms with E-state index >= 15 is 0 Å². The molecule has 0 saturated heterocycles. The van der Waals surface area contributed by atoms with Crippen molar-refractivity contribution < 1.29 is 4.52 Å². The number of rotatable bonds is 6. The van der Waals surface area contributed by atoms with Crippen molar-refractivity contribution in [2.45, 2.75) is 19.4 Å². The molecule has 3 heterocycles. The third-order valence-corrected chi connectivity index (χ3v) is 4.10. The second-order valence-corrected chi connectivity index (χ2v) is 6.11. The van der Waals surface area contributed by atoms with Crippen molar-refractivity contribution in [1.82, 2.24) is 25.1 Å². The van der Waals surface area contributed by atoms with Crippen molar-refractivity contribution in [2.75, 3.05) is 11.9 Å². The van der Waals surface area contributed by atoms with Crippen LogP contribution in [0.15, 0.2) is 53.3 Å². The fraction of sp³-hybridized carbons (Fsp3) is 0.211. The Morgan fingerprint density at radius 2 is 2.00 bits per heavy atom. The van der Waals surface area contributed by atoms with E-state index in [2.05, 4.69) is 30.4 Å². The molecule has 4 rings (SSSR count). The first kappa shape index (κ1) is 17.0. The SMILES string of the molecule is CC(Nc1nc(CCN)nc2ccccc12)c1nc(-c2cccnc2)no1. The van der Waals surface area contributed by atoms with Gasteiger partial charge < -0.3 is 15.6 Å². The number of nitrogens with two attached hydrogens (primary N) is 1. The Hall–Kier alpha value is -3.39. The van der Waals surface area contributed by atoms with Crippen LogP contribution >= 0.6 is 0 Å². The highest BCUT2D eigenvalue weighted by molar-refractivity contribution is 5.89. The fourth-order valence-electron chi connectivity index (χ4n) is 2.77. The van der Waals surface area contributed by atoms with E-state index in [1.54, 1.807) is 12.4 Å². The topological polar surface area (TPSA) is 116 Å². The molecule has 3 aromatic heterocycles. The van der Waals surface area contributed by atoms with Crippen LogP contribution in [-0.4, -0.2) is 31.6 Å². The minimum atomic E-state index is -0.230. The summed E-state index contributed by atoms with van der Waals surface area (Å²) in [7, 11) is 0. The van der Waals surface area contributed by atoms with E-state index in [0.29, 0.717) is 30.5 Å². The van der Waals surface area contributed by atoms with Gasteiger partial charge in [-0.15, -0.1) is 0 Å². The van der Waals surface area contributed by atoms with Gasteiger partial charge in [-0.25, -0.2) is 9.97 Å². The molecule has 0 aliphatic heterocycles. The Balaban J connectivity index is 1.63. The summed E-state index contributed by atoms with van der Waals surface area (Å²) >= 11 is 0. The number of anilines is 1. The molecule has 0 aliphatic carbocycles. The van der Waals surface area contributed by atoms with Gasteiger partial charge in [0.25, 0.3) is 0 Å². The molecule has 0 fully saturated rings. The molecule has 27 heavy (non-hydrogen) atoms. The molecule has 1 atom stereocenters. The van der Waals surface area contributed by atoms with Crippen LogP contribution in [0.5, 0.6) is 0 Å². The first-order valence-corrected chi connectivity index (χ1v) is 8.71. The highest BCUT2D eigenvalue weighted by Crippen LogP contribution is 2.25. The van der Waals surface area contributed by atoms with E-state index in [1.165, 1.54) is 0 Å². The van der Waals surface area contributed by atoms with Crippen LogP contribution in [0.1, 0.15) is 24.7 Å². The van der Waals surface area contributed by atoms with Crippen molar-refractivity contribution in [3.05, 3.63) is 60.5 Å².